The molecule has 1 aliphatic rings. The molecular formula is C13H19ClN2. The van der Waals surface area contributed by atoms with Crippen LogP contribution in [0.25, 0.3) is 0 Å². The molecule has 0 aliphatic heterocycles. The van der Waals surface area contributed by atoms with Crippen molar-refractivity contribution in [1.82, 2.24) is 9.97 Å². The van der Waals surface area contributed by atoms with Crippen LogP contribution in [0.15, 0.2) is 6.07 Å². The highest BCUT2D eigenvalue weighted by atomic mass is 35.5. The molecule has 0 spiro atoms. The SMILES string of the molecule is CCCCc1nc(Cl)cc(C2CCCC2)n1. The molecule has 0 amide bonds. The van der Waals surface area contributed by atoms with E-state index in [2.05, 4.69) is 16.9 Å². The lowest BCUT2D eigenvalue weighted by atomic mass is 10.0. The second kappa shape index (κ2) is 5.62. The first kappa shape index (κ1) is 11.8. The fourth-order valence-corrected chi connectivity index (χ4v) is 2.57. The number of unbranched alkanes of at least 4 members (excludes halogenated alkanes) is 1. The molecule has 2 rings (SSSR count). The maximum absolute atomic E-state index is 6.06. The predicted molar refractivity (Wildman–Crippen MR) is 66.9 cm³/mol. The van der Waals surface area contributed by atoms with E-state index in [1.54, 1.807) is 0 Å². The number of halogens is 1. The molecule has 1 fully saturated rings. The summed E-state index contributed by atoms with van der Waals surface area (Å²) in [6.07, 6.45) is 8.46. The Morgan fingerprint density at radius 1 is 1.31 bits per heavy atom. The van der Waals surface area contributed by atoms with Crippen molar-refractivity contribution >= 4 is 11.6 Å². The molecule has 3 heteroatoms. The molecule has 1 saturated carbocycles. The van der Waals surface area contributed by atoms with Gasteiger partial charge in [0.2, 0.25) is 0 Å². The van der Waals surface area contributed by atoms with E-state index < -0.39 is 0 Å². The van der Waals surface area contributed by atoms with Crippen molar-refractivity contribution in [1.29, 1.82) is 0 Å². The highest BCUT2D eigenvalue weighted by Gasteiger charge is 2.19. The van der Waals surface area contributed by atoms with Crippen LogP contribution in [0.3, 0.4) is 0 Å². The van der Waals surface area contributed by atoms with Crippen molar-refractivity contribution in [2.45, 2.75) is 57.8 Å². The molecule has 16 heavy (non-hydrogen) atoms. The number of rotatable bonds is 4. The zero-order valence-corrected chi connectivity index (χ0v) is 10.6. The zero-order chi connectivity index (χ0) is 11.4. The highest BCUT2D eigenvalue weighted by molar-refractivity contribution is 6.29. The molecule has 0 N–H and O–H groups in total. The quantitative estimate of drug-likeness (QED) is 0.737. The smallest absolute Gasteiger partial charge is 0.133 e. The van der Waals surface area contributed by atoms with Crippen molar-refractivity contribution in [2.24, 2.45) is 0 Å². The second-order valence-electron chi connectivity index (χ2n) is 4.62. The molecule has 0 bridgehead atoms. The van der Waals surface area contributed by atoms with Crippen LogP contribution in [0.4, 0.5) is 0 Å². The molecule has 1 aromatic rings. The van der Waals surface area contributed by atoms with Crippen LogP contribution < -0.4 is 0 Å². The van der Waals surface area contributed by atoms with Crippen LogP contribution >= 0.6 is 11.6 Å². The Balaban J connectivity index is 2.14. The summed E-state index contributed by atoms with van der Waals surface area (Å²) in [4.78, 5) is 8.95. The standard InChI is InChI=1S/C13H19ClN2/c1-2-3-8-13-15-11(9-12(14)16-13)10-6-4-5-7-10/h9-10H,2-8H2,1H3. The minimum absolute atomic E-state index is 0.614. The largest absolute Gasteiger partial charge is 0.238 e. The Bertz CT molecular complexity index is 346. The third kappa shape index (κ3) is 2.94. The fraction of sp³-hybridized carbons (Fsp3) is 0.692. The lowest BCUT2D eigenvalue weighted by Gasteiger charge is -2.10. The number of hydrogen-bond acceptors (Lipinski definition) is 2. The Labute approximate surface area is 102 Å². The summed E-state index contributed by atoms with van der Waals surface area (Å²) in [7, 11) is 0. The van der Waals surface area contributed by atoms with Crippen LogP contribution in [-0.2, 0) is 6.42 Å². The first-order valence-corrected chi connectivity index (χ1v) is 6.70. The summed E-state index contributed by atoms with van der Waals surface area (Å²) in [5.74, 6) is 1.55. The topological polar surface area (TPSA) is 25.8 Å². The molecule has 0 unspecified atom stereocenters. The third-order valence-electron chi connectivity index (χ3n) is 3.29. The lowest BCUT2D eigenvalue weighted by Crippen LogP contribution is -2.03. The normalized spacial score (nSPS) is 16.9. The van der Waals surface area contributed by atoms with Crippen LogP contribution in [0.5, 0.6) is 0 Å². The van der Waals surface area contributed by atoms with Crippen molar-refractivity contribution < 1.29 is 0 Å². The van der Waals surface area contributed by atoms with E-state index in [0.29, 0.717) is 11.1 Å². The summed E-state index contributed by atoms with van der Waals surface area (Å²) in [6, 6.07) is 1.95. The minimum Gasteiger partial charge on any atom is -0.238 e. The predicted octanol–water partition coefficient (Wildman–Crippen LogP) is 4.13. The van der Waals surface area contributed by atoms with E-state index in [1.165, 1.54) is 37.8 Å². The molecule has 1 aromatic heterocycles. The average Bonchev–Trinajstić information content (AvgIpc) is 2.79. The van der Waals surface area contributed by atoms with Crippen LogP contribution in [0.2, 0.25) is 5.15 Å². The van der Waals surface area contributed by atoms with Gasteiger partial charge in [0.15, 0.2) is 0 Å². The molecule has 1 heterocycles. The van der Waals surface area contributed by atoms with Gasteiger partial charge in [-0.3, -0.25) is 0 Å². The van der Waals surface area contributed by atoms with Crippen LogP contribution in [-0.4, -0.2) is 9.97 Å². The maximum atomic E-state index is 6.06. The summed E-state index contributed by atoms with van der Waals surface area (Å²) in [5.41, 5.74) is 1.17. The Kier molecular flexibility index (Phi) is 4.16. The van der Waals surface area contributed by atoms with E-state index in [1.807, 2.05) is 6.07 Å². The average molecular weight is 239 g/mol. The van der Waals surface area contributed by atoms with Gasteiger partial charge in [0.25, 0.3) is 0 Å². The first-order chi connectivity index (χ1) is 7.79. The van der Waals surface area contributed by atoms with Crippen LogP contribution in [0.1, 0.15) is 62.9 Å². The number of aromatic nitrogens is 2. The van der Waals surface area contributed by atoms with Gasteiger partial charge in [0, 0.05) is 18.0 Å². The molecular weight excluding hydrogens is 220 g/mol. The summed E-state index contributed by atoms with van der Waals surface area (Å²) in [5, 5.41) is 0.614. The van der Waals surface area contributed by atoms with E-state index in [9.17, 15) is 0 Å². The lowest BCUT2D eigenvalue weighted by molar-refractivity contribution is 0.672. The van der Waals surface area contributed by atoms with Gasteiger partial charge in [-0.25, -0.2) is 9.97 Å². The number of hydrogen-bond donors (Lipinski definition) is 0. The summed E-state index contributed by atoms with van der Waals surface area (Å²) >= 11 is 6.06. The van der Waals surface area contributed by atoms with Crippen molar-refractivity contribution in [2.75, 3.05) is 0 Å². The molecule has 1 aliphatic carbocycles. The van der Waals surface area contributed by atoms with Gasteiger partial charge in [-0.2, -0.15) is 0 Å². The van der Waals surface area contributed by atoms with Gasteiger partial charge in [-0.15, -0.1) is 0 Å². The van der Waals surface area contributed by atoms with Gasteiger partial charge in [-0.1, -0.05) is 37.8 Å². The number of nitrogens with zero attached hydrogens (tertiary/aromatic N) is 2. The molecule has 0 aromatic carbocycles. The minimum atomic E-state index is 0.614. The summed E-state index contributed by atoms with van der Waals surface area (Å²) < 4.78 is 0. The van der Waals surface area contributed by atoms with E-state index in [4.69, 9.17) is 11.6 Å². The summed E-state index contributed by atoms with van der Waals surface area (Å²) in [6.45, 7) is 2.18. The fourth-order valence-electron chi connectivity index (χ4n) is 2.36. The second-order valence-corrected chi connectivity index (χ2v) is 5.00. The van der Waals surface area contributed by atoms with E-state index in [-0.39, 0.29) is 0 Å². The molecule has 88 valence electrons. The first-order valence-electron chi connectivity index (χ1n) is 6.33. The monoisotopic (exact) mass is 238 g/mol. The molecule has 0 saturated heterocycles. The van der Waals surface area contributed by atoms with Gasteiger partial charge in [0.05, 0.1) is 0 Å². The third-order valence-corrected chi connectivity index (χ3v) is 3.48. The Hall–Kier alpha value is -0.630. The van der Waals surface area contributed by atoms with Crippen LogP contribution in [0, 0.1) is 0 Å². The van der Waals surface area contributed by atoms with Crippen molar-refractivity contribution in [3.05, 3.63) is 22.7 Å². The Morgan fingerprint density at radius 3 is 2.75 bits per heavy atom. The maximum Gasteiger partial charge on any atom is 0.133 e. The van der Waals surface area contributed by atoms with Gasteiger partial charge < -0.3 is 0 Å². The highest BCUT2D eigenvalue weighted by Crippen LogP contribution is 2.33. The number of aryl methyl sites for hydroxylation is 1. The molecule has 2 nitrogen and oxygen atoms in total. The molecule has 0 atom stereocenters. The van der Waals surface area contributed by atoms with Crippen molar-refractivity contribution in [3.8, 4) is 0 Å². The van der Waals surface area contributed by atoms with Gasteiger partial charge in [-0.05, 0) is 25.3 Å². The van der Waals surface area contributed by atoms with Gasteiger partial charge in [0.1, 0.15) is 11.0 Å². The van der Waals surface area contributed by atoms with Gasteiger partial charge >= 0.3 is 0 Å². The zero-order valence-electron chi connectivity index (χ0n) is 9.88. The van der Waals surface area contributed by atoms with Crippen molar-refractivity contribution in [3.63, 3.8) is 0 Å². The molecule has 0 radical (unpaired) electrons. The van der Waals surface area contributed by atoms with E-state index in [0.717, 1.165) is 18.7 Å². The Morgan fingerprint density at radius 2 is 2.06 bits per heavy atom. The van der Waals surface area contributed by atoms with E-state index >= 15 is 0 Å².